The van der Waals surface area contributed by atoms with Crippen molar-refractivity contribution >= 4 is 56.1 Å². The lowest BCUT2D eigenvalue weighted by Crippen LogP contribution is -2.36. The summed E-state index contributed by atoms with van der Waals surface area (Å²) >= 11 is 0. The standard InChI is InChI=1S/C74H46N2O/c1-4-21-47(22-5-1)60-43-52(45-66-71(60)59-31-20-37-68-72(59)73(66,48-23-6-2-7-24-48)64-35-17-18-36-67(64)76(68)49-25-8-3-9-26-49)75(51-40-42-58-57-30-13-19-38-69(57)77-70(58)46-51)50-39-41-56-55-29-12-16-34-63(55)74(65(56)44-50)61-32-14-10-27-53(61)54-28-11-15-33-62(54)74/h1-46H. The van der Waals surface area contributed by atoms with E-state index in [1.807, 2.05) is 0 Å². The Morgan fingerprint density at radius 2 is 0.844 bits per heavy atom. The molecular weight excluding hydrogens is 933 g/mol. The molecule has 1 spiro atoms. The molecule has 3 aliphatic carbocycles. The Morgan fingerprint density at radius 3 is 1.57 bits per heavy atom. The second-order valence-corrected chi connectivity index (χ2v) is 21.0. The molecule has 1 aromatic heterocycles. The highest BCUT2D eigenvalue weighted by molar-refractivity contribution is 6.08. The molecule has 3 heteroatoms. The van der Waals surface area contributed by atoms with Gasteiger partial charge in [0, 0.05) is 45.2 Å². The van der Waals surface area contributed by atoms with Crippen LogP contribution in [0.4, 0.5) is 34.1 Å². The van der Waals surface area contributed by atoms with Crippen LogP contribution in [-0.4, -0.2) is 0 Å². The van der Waals surface area contributed by atoms with E-state index in [2.05, 4.69) is 289 Å². The lowest BCUT2D eigenvalue weighted by atomic mass is 9.64. The summed E-state index contributed by atoms with van der Waals surface area (Å²) in [5, 5.41) is 2.21. The molecule has 1 atom stereocenters. The molecule has 17 rings (SSSR count). The van der Waals surface area contributed by atoms with Gasteiger partial charge in [-0.1, -0.05) is 206 Å². The summed E-state index contributed by atoms with van der Waals surface area (Å²) in [7, 11) is 0. The Morgan fingerprint density at radius 1 is 0.312 bits per heavy atom. The fourth-order valence-electron chi connectivity index (χ4n) is 14.6. The van der Waals surface area contributed by atoms with Gasteiger partial charge in [-0.3, -0.25) is 0 Å². The van der Waals surface area contributed by atoms with Crippen LogP contribution in [0.25, 0.3) is 66.4 Å². The number of hydrogen-bond donors (Lipinski definition) is 0. The minimum absolute atomic E-state index is 0.525. The van der Waals surface area contributed by atoms with Crippen molar-refractivity contribution in [3.63, 3.8) is 0 Å². The third-order valence-corrected chi connectivity index (χ3v) is 17.4. The van der Waals surface area contributed by atoms with Gasteiger partial charge in [-0.15, -0.1) is 0 Å². The van der Waals surface area contributed by atoms with E-state index in [0.717, 1.165) is 50.3 Å². The van der Waals surface area contributed by atoms with Crippen LogP contribution in [0, 0.1) is 0 Å². The minimum Gasteiger partial charge on any atom is -0.456 e. The highest BCUT2D eigenvalue weighted by Gasteiger charge is 2.54. The first-order valence-electron chi connectivity index (χ1n) is 26.7. The molecule has 0 radical (unpaired) electrons. The normalized spacial score (nSPS) is 15.4. The molecule has 0 N–H and O–H groups in total. The molecular formula is C74H46N2O. The number of benzene rings is 12. The number of anilines is 6. The third kappa shape index (κ3) is 5.54. The summed E-state index contributed by atoms with van der Waals surface area (Å²) in [6, 6.07) is 104. The van der Waals surface area contributed by atoms with Crippen LogP contribution in [0.5, 0.6) is 0 Å². The summed E-state index contributed by atoms with van der Waals surface area (Å²) in [5.41, 5.74) is 27.3. The van der Waals surface area contributed by atoms with Crippen LogP contribution in [0.2, 0.25) is 0 Å². The van der Waals surface area contributed by atoms with Crippen molar-refractivity contribution in [2.24, 2.45) is 0 Å². The maximum absolute atomic E-state index is 6.78. The van der Waals surface area contributed by atoms with Gasteiger partial charge in [-0.05, 0) is 150 Å². The fraction of sp³-hybridized carbons (Fsp3) is 0.0270. The van der Waals surface area contributed by atoms with Gasteiger partial charge in [-0.2, -0.15) is 0 Å². The van der Waals surface area contributed by atoms with Gasteiger partial charge in [-0.25, -0.2) is 0 Å². The summed E-state index contributed by atoms with van der Waals surface area (Å²) in [4.78, 5) is 4.99. The summed E-state index contributed by atoms with van der Waals surface area (Å²) < 4.78 is 6.78. The number of para-hydroxylation sites is 3. The molecule has 1 unspecified atom stereocenters. The fourth-order valence-corrected chi connectivity index (χ4v) is 14.6. The van der Waals surface area contributed by atoms with E-state index in [1.54, 1.807) is 0 Å². The highest BCUT2D eigenvalue weighted by Crippen LogP contribution is 2.68. The number of nitrogens with zero attached hydrogens (tertiary/aromatic N) is 2. The predicted molar refractivity (Wildman–Crippen MR) is 316 cm³/mol. The zero-order chi connectivity index (χ0) is 50.4. The molecule has 77 heavy (non-hydrogen) atoms. The van der Waals surface area contributed by atoms with Gasteiger partial charge in [0.2, 0.25) is 0 Å². The average molecular weight is 979 g/mol. The molecule has 12 aromatic carbocycles. The topological polar surface area (TPSA) is 19.6 Å². The molecule has 0 bridgehead atoms. The summed E-state index contributed by atoms with van der Waals surface area (Å²) in [5.74, 6) is 0. The smallest absolute Gasteiger partial charge is 0.137 e. The quantitative estimate of drug-likeness (QED) is 0.166. The average Bonchev–Trinajstić information content (AvgIpc) is 4.28. The Hall–Kier alpha value is -9.96. The number of furan rings is 1. The lowest BCUT2D eigenvalue weighted by molar-refractivity contribution is 0.669. The second-order valence-electron chi connectivity index (χ2n) is 21.0. The summed E-state index contributed by atoms with van der Waals surface area (Å²) in [6.07, 6.45) is 0. The molecule has 13 aromatic rings. The van der Waals surface area contributed by atoms with Crippen molar-refractivity contribution in [2.75, 3.05) is 9.80 Å². The van der Waals surface area contributed by atoms with E-state index in [1.165, 1.54) is 94.8 Å². The van der Waals surface area contributed by atoms with Crippen molar-refractivity contribution in [1.29, 1.82) is 0 Å². The van der Waals surface area contributed by atoms with E-state index in [0.29, 0.717) is 0 Å². The van der Waals surface area contributed by atoms with Crippen molar-refractivity contribution in [2.45, 2.75) is 10.8 Å². The Balaban J connectivity index is 0.995. The van der Waals surface area contributed by atoms with Crippen LogP contribution in [0.3, 0.4) is 0 Å². The van der Waals surface area contributed by atoms with Crippen molar-refractivity contribution in [1.82, 2.24) is 0 Å². The maximum Gasteiger partial charge on any atom is 0.137 e. The maximum atomic E-state index is 6.78. The first-order valence-corrected chi connectivity index (χ1v) is 26.7. The SMILES string of the molecule is c1ccc(-c2cc(N(c3ccc4c(c3)C3(c5ccccc5-c5ccccc53)c3ccccc3-4)c3ccc4c(c3)oc3ccccc34)cc3c2-c2cccc4c2C3(c2ccccc2)c2ccccc2N4c2ccccc2)cc1. The van der Waals surface area contributed by atoms with Crippen LogP contribution in [-0.2, 0) is 10.8 Å². The van der Waals surface area contributed by atoms with Crippen molar-refractivity contribution < 1.29 is 4.42 Å². The highest BCUT2D eigenvalue weighted by atomic mass is 16.3. The molecule has 0 saturated carbocycles. The molecule has 0 saturated heterocycles. The zero-order valence-electron chi connectivity index (χ0n) is 41.9. The Bertz CT molecular complexity index is 4530. The van der Waals surface area contributed by atoms with Gasteiger partial charge in [0.15, 0.2) is 0 Å². The van der Waals surface area contributed by atoms with Gasteiger partial charge >= 0.3 is 0 Å². The van der Waals surface area contributed by atoms with Crippen LogP contribution >= 0.6 is 0 Å². The molecule has 1 aliphatic heterocycles. The van der Waals surface area contributed by atoms with Crippen LogP contribution in [0.1, 0.15) is 44.5 Å². The molecule has 2 heterocycles. The molecule has 0 amide bonds. The zero-order valence-corrected chi connectivity index (χ0v) is 41.9. The first kappa shape index (κ1) is 42.4. The van der Waals surface area contributed by atoms with Gasteiger partial charge in [0.25, 0.3) is 0 Å². The number of fused-ring (bicyclic) bond motifs is 18. The monoisotopic (exact) mass is 978 g/mol. The van der Waals surface area contributed by atoms with E-state index in [9.17, 15) is 0 Å². The molecule has 4 aliphatic rings. The van der Waals surface area contributed by atoms with Crippen molar-refractivity contribution in [3.05, 3.63) is 324 Å². The van der Waals surface area contributed by atoms with Crippen molar-refractivity contribution in [3.8, 4) is 44.5 Å². The minimum atomic E-state index is -0.695. The van der Waals surface area contributed by atoms with Crippen LogP contribution < -0.4 is 9.80 Å². The van der Waals surface area contributed by atoms with E-state index >= 15 is 0 Å². The first-order chi connectivity index (χ1) is 38.2. The van der Waals surface area contributed by atoms with Gasteiger partial charge < -0.3 is 14.2 Å². The lowest BCUT2D eigenvalue weighted by Gasteiger charge is -2.44. The Kier molecular flexibility index (Phi) is 8.69. The van der Waals surface area contributed by atoms with E-state index in [4.69, 9.17) is 4.42 Å². The van der Waals surface area contributed by atoms with Gasteiger partial charge in [0.05, 0.1) is 22.2 Å². The second kappa shape index (κ2) is 15.8. The summed E-state index contributed by atoms with van der Waals surface area (Å²) in [6.45, 7) is 0. The third-order valence-electron chi connectivity index (χ3n) is 17.4. The predicted octanol–water partition coefficient (Wildman–Crippen LogP) is 19.2. The van der Waals surface area contributed by atoms with E-state index in [-0.39, 0.29) is 0 Å². The van der Waals surface area contributed by atoms with Crippen LogP contribution in [0.15, 0.2) is 283 Å². The number of hydrogen-bond acceptors (Lipinski definition) is 3. The molecule has 0 fully saturated rings. The largest absolute Gasteiger partial charge is 0.456 e. The van der Waals surface area contributed by atoms with E-state index < -0.39 is 10.8 Å². The van der Waals surface area contributed by atoms with Gasteiger partial charge in [0.1, 0.15) is 11.2 Å². The Labute approximate surface area is 446 Å². The number of rotatable bonds is 6. The molecule has 3 nitrogen and oxygen atoms in total. The molecule has 358 valence electrons.